The molecular formula is C28H45N3O. The zero-order chi connectivity index (χ0) is 22.9. The van der Waals surface area contributed by atoms with Gasteiger partial charge in [-0.3, -0.25) is 0 Å². The molecule has 1 aromatic carbocycles. The number of nitrogens with two attached hydrogens (primary N) is 1. The summed E-state index contributed by atoms with van der Waals surface area (Å²) in [5.74, 6) is 1.15. The van der Waals surface area contributed by atoms with Crippen LogP contribution in [0.15, 0.2) is 30.3 Å². The minimum absolute atomic E-state index is 0.343. The number of aryl methyl sites for hydroxylation is 2. The van der Waals surface area contributed by atoms with E-state index in [1.54, 1.807) is 0 Å². The second kappa shape index (κ2) is 16.5. The minimum Gasteiger partial charge on any atom is -0.485 e. The summed E-state index contributed by atoms with van der Waals surface area (Å²) in [6.07, 6.45) is 20.0. The predicted octanol–water partition coefficient (Wildman–Crippen LogP) is 7.97. The average Bonchev–Trinajstić information content (AvgIpc) is 2.79. The number of hydrogen-bond donors (Lipinski definition) is 1. The third-order valence-electron chi connectivity index (χ3n) is 6.12. The van der Waals surface area contributed by atoms with E-state index in [2.05, 4.69) is 29.0 Å². The highest BCUT2D eigenvalue weighted by Crippen LogP contribution is 2.25. The van der Waals surface area contributed by atoms with Crippen LogP contribution in [0.1, 0.15) is 114 Å². The van der Waals surface area contributed by atoms with Gasteiger partial charge in [0.15, 0.2) is 5.75 Å². The SMILES string of the molecule is CCCCCCCCCCCCCCCCc1nc(N)nc(C)c1OCc1ccccc1. The summed E-state index contributed by atoms with van der Waals surface area (Å²) < 4.78 is 6.10. The van der Waals surface area contributed by atoms with Gasteiger partial charge in [0.1, 0.15) is 6.61 Å². The molecule has 1 heterocycles. The minimum atomic E-state index is 0.343. The molecule has 1 aromatic heterocycles. The second-order valence-corrected chi connectivity index (χ2v) is 9.06. The van der Waals surface area contributed by atoms with Gasteiger partial charge in [0.05, 0.1) is 11.4 Å². The third-order valence-corrected chi connectivity index (χ3v) is 6.12. The van der Waals surface area contributed by atoms with Gasteiger partial charge in [0, 0.05) is 0 Å². The molecule has 0 aliphatic heterocycles. The first-order valence-corrected chi connectivity index (χ1v) is 13.0. The maximum absolute atomic E-state index is 6.10. The Morgan fingerprint density at radius 2 is 1.25 bits per heavy atom. The topological polar surface area (TPSA) is 61.0 Å². The summed E-state index contributed by atoms with van der Waals surface area (Å²) in [5, 5.41) is 0. The molecule has 0 aliphatic rings. The van der Waals surface area contributed by atoms with Crippen molar-refractivity contribution in [2.24, 2.45) is 0 Å². The Hall–Kier alpha value is -2.10. The van der Waals surface area contributed by atoms with Crippen molar-refractivity contribution >= 4 is 5.95 Å². The standard InChI is InChI=1S/C28H45N3O/c1-3-4-5-6-7-8-9-10-11-12-13-14-15-19-22-26-27(24(2)30-28(29)31-26)32-23-25-20-17-16-18-21-25/h16-18,20-21H,3-15,19,22-23H2,1-2H3,(H2,29,30,31). The molecule has 4 heteroatoms. The number of benzene rings is 1. The maximum atomic E-state index is 6.10. The zero-order valence-corrected chi connectivity index (χ0v) is 20.6. The molecule has 0 radical (unpaired) electrons. The van der Waals surface area contributed by atoms with Crippen LogP contribution >= 0.6 is 0 Å². The molecule has 2 rings (SSSR count). The molecule has 32 heavy (non-hydrogen) atoms. The quantitative estimate of drug-likeness (QED) is 0.239. The van der Waals surface area contributed by atoms with Crippen LogP contribution in [0.2, 0.25) is 0 Å². The van der Waals surface area contributed by atoms with Crippen LogP contribution in [0.5, 0.6) is 5.75 Å². The smallest absolute Gasteiger partial charge is 0.220 e. The Labute approximate surface area is 196 Å². The molecule has 0 fully saturated rings. The molecule has 0 atom stereocenters. The number of anilines is 1. The van der Waals surface area contributed by atoms with Gasteiger partial charge < -0.3 is 10.5 Å². The van der Waals surface area contributed by atoms with E-state index in [9.17, 15) is 0 Å². The first-order valence-electron chi connectivity index (χ1n) is 13.0. The molecule has 0 aliphatic carbocycles. The van der Waals surface area contributed by atoms with Gasteiger partial charge in [-0.2, -0.15) is 0 Å². The van der Waals surface area contributed by atoms with Gasteiger partial charge >= 0.3 is 0 Å². The fraction of sp³-hybridized carbons (Fsp3) is 0.643. The Bertz CT molecular complexity index is 733. The lowest BCUT2D eigenvalue weighted by Crippen LogP contribution is -2.07. The first kappa shape index (κ1) is 26.2. The number of ether oxygens (including phenoxy) is 1. The van der Waals surface area contributed by atoms with Crippen LogP contribution in [-0.4, -0.2) is 9.97 Å². The largest absolute Gasteiger partial charge is 0.485 e. The van der Waals surface area contributed by atoms with Crippen LogP contribution < -0.4 is 10.5 Å². The van der Waals surface area contributed by atoms with Crippen molar-refractivity contribution in [2.45, 2.75) is 117 Å². The van der Waals surface area contributed by atoms with Crippen molar-refractivity contribution in [3.63, 3.8) is 0 Å². The van der Waals surface area contributed by atoms with Crippen LogP contribution in [0.4, 0.5) is 5.95 Å². The zero-order valence-electron chi connectivity index (χ0n) is 20.6. The van der Waals surface area contributed by atoms with Gasteiger partial charge in [0.25, 0.3) is 0 Å². The molecule has 0 saturated carbocycles. The number of rotatable bonds is 18. The summed E-state index contributed by atoms with van der Waals surface area (Å²) >= 11 is 0. The van der Waals surface area contributed by atoms with Crippen molar-refractivity contribution in [3.05, 3.63) is 47.3 Å². The van der Waals surface area contributed by atoms with Crippen LogP contribution in [-0.2, 0) is 13.0 Å². The molecule has 178 valence electrons. The number of aromatic nitrogens is 2. The predicted molar refractivity (Wildman–Crippen MR) is 136 cm³/mol. The third kappa shape index (κ3) is 11.0. The molecular weight excluding hydrogens is 394 g/mol. The van der Waals surface area contributed by atoms with Crippen molar-refractivity contribution in [3.8, 4) is 5.75 Å². The molecule has 2 aromatic rings. The van der Waals surface area contributed by atoms with Gasteiger partial charge in [-0.25, -0.2) is 9.97 Å². The van der Waals surface area contributed by atoms with Crippen molar-refractivity contribution in [2.75, 3.05) is 5.73 Å². The molecule has 0 unspecified atom stereocenters. The molecule has 0 amide bonds. The highest BCUT2D eigenvalue weighted by molar-refractivity contribution is 5.37. The van der Waals surface area contributed by atoms with E-state index in [4.69, 9.17) is 10.5 Å². The normalized spacial score (nSPS) is 11.1. The summed E-state index contributed by atoms with van der Waals surface area (Å²) in [7, 11) is 0. The van der Waals surface area contributed by atoms with Gasteiger partial charge in [0.2, 0.25) is 5.95 Å². The lowest BCUT2D eigenvalue weighted by atomic mass is 10.0. The fourth-order valence-electron chi connectivity index (χ4n) is 4.22. The van der Waals surface area contributed by atoms with Gasteiger partial charge in [-0.15, -0.1) is 0 Å². The maximum Gasteiger partial charge on any atom is 0.220 e. The van der Waals surface area contributed by atoms with E-state index in [1.807, 2.05) is 25.1 Å². The Morgan fingerprint density at radius 3 is 1.81 bits per heavy atom. The molecule has 2 N–H and O–H groups in total. The summed E-state index contributed by atoms with van der Waals surface area (Å²) in [5.41, 5.74) is 8.83. The molecule has 0 bridgehead atoms. The number of hydrogen-bond acceptors (Lipinski definition) is 4. The number of nitrogen functional groups attached to an aromatic ring is 1. The highest BCUT2D eigenvalue weighted by Gasteiger charge is 2.12. The molecule has 0 saturated heterocycles. The number of unbranched alkanes of at least 4 members (excludes halogenated alkanes) is 13. The van der Waals surface area contributed by atoms with E-state index >= 15 is 0 Å². The Balaban J connectivity index is 1.58. The lowest BCUT2D eigenvalue weighted by Gasteiger charge is -2.13. The Morgan fingerprint density at radius 1 is 0.719 bits per heavy atom. The van der Waals surface area contributed by atoms with Crippen LogP contribution in [0.25, 0.3) is 0 Å². The van der Waals surface area contributed by atoms with Crippen LogP contribution in [0, 0.1) is 6.92 Å². The lowest BCUT2D eigenvalue weighted by molar-refractivity contribution is 0.297. The molecule has 4 nitrogen and oxygen atoms in total. The fourth-order valence-corrected chi connectivity index (χ4v) is 4.22. The van der Waals surface area contributed by atoms with Gasteiger partial charge in [-0.1, -0.05) is 121 Å². The Kier molecular flexibility index (Phi) is 13.5. The van der Waals surface area contributed by atoms with E-state index in [-0.39, 0.29) is 0 Å². The second-order valence-electron chi connectivity index (χ2n) is 9.06. The summed E-state index contributed by atoms with van der Waals surface area (Å²) in [6, 6.07) is 10.2. The summed E-state index contributed by atoms with van der Waals surface area (Å²) in [6.45, 7) is 4.76. The van der Waals surface area contributed by atoms with Crippen molar-refractivity contribution < 1.29 is 4.74 Å². The monoisotopic (exact) mass is 439 g/mol. The highest BCUT2D eigenvalue weighted by atomic mass is 16.5. The van der Waals surface area contributed by atoms with E-state index in [0.29, 0.717) is 12.6 Å². The van der Waals surface area contributed by atoms with Gasteiger partial charge in [-0.05, 0) is 25.3 Å². The molecule has 0 spiro atoms. The van der Waals surface area contributed by atoms with E-state index < -0.39 is 0 Å². The van der Waals surface area contributed by atoms with Crippen LogP contribution in [0.3, 0.4) is 0 Å². The first-order chi connectivity index (χ1) is 15.7. The number of nitrogens with zero attached hydrogens (tertiary/aromatic N) is 2. The van der Waals surface area contributed by atoms with Crippen molar-refractivity contribution in [1.29, 1.82) is 0 Å². The average molecular weight is 440 g/mol. The summed E-state index contributed by atoms with van der Waals surface area (Å²) in [4.78, 5) is 8.79. The van der Waals surface area contributed by atoms with Crippen molar-refractivity contribution in [1.82, 2.24) is 9.97 Å². The van der Waals surface area contributed by atoms with E-state index in [0.717, 1.165) is 35.5 Å². The van der Waals surface area contributed by atoms with E-state index in [1.165, 1.54) is 83.5 Å².